The van der Waals surface area contributed by atoms with Crippen molar-refractivity contribution in [2.24, 2.45) is 17.3 Å². The Morgan fingerprint density at radius 2 is 2.06 bits per heavy atom. The molecule has 1 aliphatic rings. The van der Waals surface area contributed by atoms with Gasteiger partial charge < -0.3 is 0 Å². The molecule has 94 valence electrons. The van der Waals surface area contributed by atoms with Crippen LogP contribution in [0.1, 0.15) is 40.0 Å². The lowest BCUT2D eigenvalue weighted by Crippen LogP contribution is -2.33. The second-order valence-corrected chi connectivity index (χ2v) is 5.63. The van der Waals surface area contributed by atoms with Gasteiger partial charge in [0.2, 0.25) is 0 Å². The fourth-order valence-corrected chi connectivity index (χ4v) is 3.00. The summed E-state index contributed by atoms with van der Waals surface area (Å²) in [7, 11) is 0. The van der Waals surface area contributed by atoms with Gasteiger partial charge in [-0.15, -0.1) is 6.58 Å². The molecule has 0 aromatic carbocycles. The third kappa shape index (κ3) is 2.96. The van der Waals surface area contributed by atoms with Gasteiger partial charge in [0.25, 0.3) is 0 Å². The van der Waals surface area contributed by atoms with E-state index in [2.05, 4.69) is 40.0 Å². The molecule has 0 heterocycles. The molecule has 0 N–H and O–H groups in total. The second-order valence-electron chi connectivity index (χ2n) is 5.63. The van der Waals surface area contributed by atoms with Crippen LogP contribution in [0.5, 0.6) is 0 Å². The fourth-order valence-electron chi connectivity index (χ4n) is 3.00. The minimum absolute atomic E-state index is 0.170. The first-order chi connectivity index (χ1) is 7.94. The Kier molecular flexibility index (Phi) is 4.50. The predicted molar refractivity (Wildman–Crippen MR) is 73.8 cm³/mol. The normalized spacial score (nSPS) is 34.2. The maximum atomic E-state index is 10.5. The molecule has 1 aliphatic carbocycles. The van der Waals surface area contributed by atoms with Gasteiger partial charge in [0.1, 0.15) is 6.29 Å². The molecule has 1 saturated carbocycles. The van der Waals surface area contributed by atoms with Crippen molar-refractivity contribution in [3.63, 3.8) is 0 Å². The lowest BCUT2D eigenvalue weighted by Gasteiger charge is -2.43. The van der Waals surface area contributed by atoms with Crippen molar-refractivity contribution in [1.82, 2.24) is 0 Å². The summed E-state index contributed by atoms with van der Waals surface area (Å²) in [4.78, 5) is 10.5. The molecule has 3 atom stereocenters. The van der Waals surface area contributed by atoms with Gasteiger partial charge in [-0.1, -0.05) is 30.7 Å². The van der Waals surface area contributed by atoms with Crippen molar-refractivity contribution in [2.45, 2.75) is 40.0 Å². The van der Waals surface area contributed by atoms with E-state index in [1.807, 2.05) is 0 Å². The number of allylic oxidation sites excluding steroid dienone is 4. The summed E-state index contributed by atoms with van der Waals surface area (Å²) in [6, 6.07) is 0. The van der Waals surface area contributed by atoms with Crippen LogP contribution in [0.2, 0.25) is 0 Å². The van der Waals surface area contributed by atoms with Crippen LogP contribution in [0.3, 0.4) is 0 Å². The van der Waals surface area contributed by atoms with Crippen molar-refractivity contribution in [1.29, 1.82) is 0 Å². The van der Waals surface area contributed by atoms with Gasteiger partial charge in [0.15, 0.2) is 0 Å². The average Bonchev–Trinajstić information content (AvgIpc) is 2.29. The monoisotopic (exact) mass is 232 g/mol. The highest BCUT2D eigenvalue weighted by Gasteiger charge is 2.38. The van der Waals surface area contributed by atoms with Crippen LogP contribution < -0.4 is 0 Å². The standard InChI is InChI=1S/C16H24O/c1-6-16(5)9-7-14(13(4)8-10-17)11-15(16)12(2)3/h6,8,10,14-15H,1-2,7,9,11H2,3-5H3. The summed E-state index contributed by atoms with van der Waals surface area (Å²) in [6.07, 6.45) is 8.05. The van der Waals surface area contributed by atoms with E-state index in [1.165, 1.54) is 11.1 Å². The zero-order valence-corrected chi connectivity index (χ0v) is 11.3. The Labute approximate surface area is 105 Å². The summed E-state index contributed by atoms with van der Waals surface area (Å²) in [5.41, 5.74) is 2.61. The van der Waals surface area contributed by atoms with Crippen LogP contribution in [-0.2, 0) is 4.79 Å². The highest BCUT2D eigenvalue weighted by atomic mass is 16.1. The number of aldehydes is 1. The van der Waals surface area contributed by atoms with Gasteiger partial charge in [0, 0.05) is 0 Å². The van der Waals surface area contributed by atoms with Crippen LogP contribution in [0.15, 0.2) is 36.5 Å². The number of hydrogen-bond donors (Lipinski definition) is 0. The number of carbonyl (C=O) groups is 1. The van der Waals surface area contributed by atoms with Crippen LogP contribution in [0, 0.1) is 17.3 Å². The largest absolute Gasteiger partial charge is 0.299 e. The van der Waals surface area contributed by atoms with Crippen molar-refractivity contribution in [3.8, 4) is 0 Å². The van der Waals surface area contributed by atoms with Gasteiger partial charge in [-0.3, -0.25) is 4.79 Å². The summed E-state index contributed by atoms with van der Waals surface area (Å²) in [5.74, 6) is 1.00. The van der Waals surface area contributed by atoms with Gasteiger partial charge in [0.05, 0.1) is 0 Å². The van der Waals surface area contributed by atoms with Crippen molar-refractivity contribution in [2.75, 3.05) is 0 Å². The van der Waals surface area contributed by atoms with Gasteiger partial charge in [-0.2, -0.15) is 0 Å². The van der Waals surface area contributed by atoms with Crippen LogP contribution >= 0.6 is 0 Å². The van der Waals surface area contributed by atoms with E-state index >= 15 is 0 Å². The fraction of sp³-hybridized carbons (Fsp3) is 0.562. The number of carbonyl (C=O) groups excluding carboxylic acids is 1. The molecule has 0 radical (unpaired) electrons. The van der Waals surface area contributed by atoms with E-state index in [-0.39, 0.29) is 5.41 Å². The predicted octanol–water partition coefficient (Wildman–Crippen LogP) is 4.32. The van der Waals surface area contributed by atoms with Gasteiger partial charge in [-0.05, 0) is 56.4 Å². The summed E-state index contributed by atoms with van der Waals surface area (Å²) >= 11 is 0. The zero-order valence-electron chi connectivity index (χ0n) is 11.3. The maximum Gasteiger partial charge on any atom is 0.142 e. The molecule has 1 rings (SSSR count). The van der Waals surface area contributed by atoms with Gasteiger partial charge >= 0.3 is 0 Å². The average molecular weight is 232 g/mol. The molecule has 0 amide bonds. The second kappa shape index (κ2) is 5.48. The minimum atomic E-state index is 0.170. The molecule has 0 spiro atoms. The maximum absolute atomic E-state index is 10.5. The van der Waals surface area contributed by atoms with E-state index in [9.17, 15) is 4.79 Å². The molecule has 0 aromatic rings. The lowest BCUT2D eigenvalue weighted by atomic mass is 9.61. The van der Waals surface area contributed by atoms with E-state index in [0.29, 0.717) is 11.8 Å². The Bertz CT molecular complexity index is 351. The quantitative estimate of drug-likeness (QED) is 0.401. The van der Waals surface area contributed by atoms with Crippen molar-refractivity contribution >= 4 is 6.29 Å². The topological polar surface area (TPSA) is 17.1 Å². The molecule has 0 aromatic heterocycles. The van der Waals surface area contributed by atoms with Gasteiger partial charge in [-0.25, -0.2) is 0 Å². The van der Waals surface area contributed by atoms with Crippen molar-refractivity contribution in [3.05, 3.63) is 36.5 Å². The summed E-state index contributed by atoms with van der Waals surface area (Å²) in [6.45, 7) is 14.5. The molecular formula is C16H24O. The van der Waals surface area contributed by atoms with E-state index < -0.39 is 0 Å². The molecule has 1 fully saturated rings. The molecule has 17 heavy (non-hydrogen) atoms. The molecule has 3 unspecified atom stereocenters. The molecule has 1 nitrogen and oxygen atoms in total. The first-order valence-electron chi connectivity index (χ1n) is 6.35. The Balaban J connectivity index is 2.90. The highest BCUT2D eigenvalue weighted by Crippen LogP contribution is 2.48. The molecule has 0 aliphatic heterocycles. The number of rotatable bonds is 4. The van der Waals surface area contributed by atoms with Crippen molar-refractivity contribution < 1.29 is 4.79 Å². The van der Waals surface area contributed by atoms with Crippen LogP contribution in [0.4, 0.5) is 0 Å². The molecule has 0 saturated heterocycles. The third-order valence-electron chi connectivity index (χ3n) is 4.38. The zero-order chi connectivity index (χ0) is 13.1. The van der Waals surface area contributed by atoms with Crippen LogP contribution in [-0.4, -0.2) is 6.29 Å². The molecule has 1 heteroatoms. The summed E-state index contributed by atoms with van der Waals surface area (Å²) < 4.78 is 0. The third-order valence-corrected chi connectivity index (χ3v) is 4.38. The Hall–Kier alpha value is -1.11. The van der Waals surface area contributed by atoms with E-state index in [0.717, 1.165) is 25.5 Å². The summed E-state index contributed by atoms with van der Waals surface area (Å²) in [5, 5.41) is 0. The van der Waals surface area contributed by atoms with Crippen LogP contribution in [0.25, 0.3) is 0 Å². The minimum Gasteiger partial charge on any atom is -0.299 e. The Morgan fingerprint density at radius 1 is 1.41 bits per heavy atom. The number of hydrogen-bond acceptors (Lipinski definition) is 1. The highest BCUT2D eigenvalue weighted by molar-refractivity contribution is 5.66. The lowest BCUT2D eigenvalue weighted by molar-refractivity contribution is -0.104. The van der Waals surface area contributed by atoms with E-state index in [4.69, 9.17) is 0 Å². The first-order valence-corrected chi connectivity index (χ1v) is 6.35. The molecular weight excluding hydrogens is 208 g/mol. The van der Waals surface area contributed by atoms with E-state index in [1.54, 1.807) is 6.08 Å². The Morgan fingerprint density at radius 3 is 2.53 bits per heavy atom. The smallest absolute Gasteiger partial charge is 0.142 e. The first kappa shape index (κ1) is 14.0. The SMILES string of the molecule is C=CC1(C)CCC(C(C)=CC=O)CC1C(=C)C. The molecule has 0 bridgehead atoms.